The lowest BCUT2D eigenvalue weighted by Crippen LogP contribution is -2.41. The monoisotopic (exact) mass is 419 g/mol. The normalized spacial score (nSPS) is 12.7. The van der Waals surface area contributed by atoms with E-state index in [1.165, 1.54) is 0 Å². The van der Waals surface area contributed by atoms with Crippen LogP contribution in [0.5, 0.6) is 0 Å². The third-order valence-corrected chi connectivity index (χ3v) is 5.44. The summed E-state index contributed by atoms with van der Waals surface area (Å²) in [7, 11) is 0. The molecule has 1 aromatic heterocycles. The van der Waals surface area contributed by atoms with E-state index in [0.717, 1.165) is 11.3 Å². The Hall–Kier alpha value is -3.76. The van der Waals surface area contributed by atoms with E-state index in [-0.39, 0.29) is 18.1 Å². The molecule has 3 N–H and O–H groups in total. The number of primary amides is 1. The number of fused-ring (bicyclic) bond motifs is 1. The quantitative estimate of drug-likeness (QED) is 0.674. The first-order chi connectivity index (χ1) is 14.5. The molecule has 0 fully saturated rings. The standard InChI is InChI=1S/C22H18ClN5O2/c23-19-18(21(25)29)17-13-27(22(30)26-16-8-4-5-14(11-16)12-24)9-10-28(17)20(19)15-6-2-1-3-7-15/h1-8,11H,9-10,13H2,(H2,25,29)(H,26,30). The van der Waals surface area contributed by atoms with Gasteiger partial charge in [-0.25, -0.2) is 4.79 Å². The predicted molar refractivity (Wildman–Crippen MR) is 114 cm³/mol. The number of nitriles is 1. The van der Waals surface area contributed by atoms with Crippen LogP contribution in [-0.4, -0.2) is 28.0 Å². The van der Waals surface area contributed by atoms with Gasteiger partial charge in [0.25, 0.3) is 5.91 Å². The Morgan fingerprint density at radius 1 is 1.10 bits per heavy atom. The highest BCUT2D eigenvalue weighted by molar-refractivity contribution is 6.36. The molecule has 3 amide bonds. The zero-order valence-corrected chi connectivity index (χ0v) is 16.7. The van der Waals surface area contributed by atoms with Crippen LogP contribution in [0.25, 0.3) is 11.3 Å². The van der Waals surface area contributed by atoms with Crippen molar-refractivity contribution >= 4 is 29.2 Å². The molecule has 1 aliphatic rings. The van der Waals surface area contributed by atoms with E-state index < -0.39 is 5.91 Å². The van der Waals surface area contributed by atoms with Crippen molar-refractivity contribution in [3.05, 3.63) is 76.4 Å². The summed E-state index contributed by atoms with van der Waals surface area (Å²) in [5, 5.41) is 12.1. The summed E-state index contributed by atoms with van der Waals surface area (Å²) in [6.07, 6.45) is 0. The number of anilines is 1. The molecule has 2 aromatic carbocycles. The molecule has 7 nitrogen and oxygen atoms in total. The summed E-state index contributed by atoms with van der Waals surface area (Å²) in [6.45, 7) is 1.09. The zero-order chi connectivity index (χ0) is 21.3. The number of aromatic nitrogens is 1. The number of nitrogens with two attached hydrogens (primary N) is 1. The summed E-state index contributed by atoms with van der Waals surface area (Å²) < 4.78 is 1.96. The van der Waals surface area contributed by atoms with Gasteiger partial charge in [-0.05, 0) is 23.8 Å². The fraction of sp³-hybridized carbons (Fsp3) is 0.136. The Morgan fingerprint density at radius 2 is 1.87 bits per heavy atom. The molecule has 1 aliphatic heterocycles. The van der Waals surface area contributed by atoms with Crippen LogP contribution >= 0.6 is 11.6 Å². The number of hydrogen-bond acceptors (Lipinski definition) is 3. The van der Waals surface area contributed by atoms with Crippen LogP contribution in [0.1, 0.15) is 21.6 Å². The highest BCUT2D eigenvalue weighted by Gasteiger charge is 2.31. The van der Waals surface area contributed by atoms with Crippen molar-refractivity contribution in [1.29, 1.82) is 5.26 Å². The van der Waals surface area contributed by atoms with Crippen LogP contribution in [0.2, 0.25) is 5.02 Å². The molecular formula is C22H18ClN5O2. The van der Waals surface area contributed by atoms with Crippen molar-refractivity contribution in [2.45, 2.75) is 13.1 Å². The molecule has 8 heteroatoms. The minimum absolute atomic E-state index is 0.189. The number of carbonyl (C=O) groups excluding carboxylic acids is 2. The van der Waals surface area contributed by atoms with Crippen molar-refractivity contribution in [3.8, 4) is 17.3 Å². The molecule has 0 saturated heterocycles. The average Bonchev–Trinajstić information content (AvgIpc) is 3.05. The number of halogens is 1. The van der Waals surface area contributed by atoms with Gasteiger partial charge in [0.05, 0.1) is 40.2 Å². The van der Waals surface area contributed by atoms with E-state index in [9.17, 15) is 9.59 Å². The minimum atomic E-state index is -0.630. The van der Waals surface area contributed by atoms with Gasteiger partial charge >= 0.3 is 6.03 Å². The van der Waals surface area contributed by atoms with Crippen LogP contribution in [0.15, 0.2) is 54.6 Å². The molecule has 0 bridgehead atoms. The van der Waals surface area contributed by atoms with Gasteiger partial charge in [0.2, 0.25) is 0 Å². The van der Waals surface area contributed by atoms with Gasteiger partial charge in [0.1, 0.15) is 0 Å². The second-order valence-electron chi connectivity index (χ2n) is 6.91. The first-order valence-electron chi connectivity index (χ1n) is 9.31. The smallest absolute Gasteiger partial charge is 0.322 e. The molecule has 150 valence electrons. The molecule has 0 unspecified atom stereocenters. The van der Waals surface area contributed by atoms with Gasteiger partial charge in [0.15, 0.2) is 0 Å². The molecular weight excluding hydrogens is 402 g/mol. The van der Waals surface area contributed by atoms with Crippen molar-refractivity contribution in [1.82, 2.24) is 9.47 Å². The third-order valence-electron chi connectivity index (χ3n) is 5.07. The van der Waals surface area contributed by atoms with E-state index in [4.69, 9.17) is 22.6 Å². The maximum atomic E-state index is 12.8. The number of rotatable bonds is 3. The van der Waals surface area contributed by atoms with Crippen molar-refractivity contribution in [3.63, 3.8) is 0 Å². The first-order valence-corrected chi connectivity index (χ1v) is 9.69. The topological polar surface area (TPSA) is 104 Å². The van der Waals surface area contributed by atoms with Crippen molar-refractivity contribution in [2.24, 2.45) is 5.73 Å². The number of urea groups is 1. The van der Waals surface area contributed by atoms with Gasteiger partial charge in [-0.3, -0.25) is 4.79 Å². The molecule has 0 spiro atoms. The summed E-state index contributed by atoms with van der Waals surface area (Å²) in [5.74, 6) is -0.630. The van der Waals surface area contributed by atoms with Crippen LogP contribution in [-0.2, 0) is 13.1 Å². The maximum absolute atomic E-state index is 12.8. The lowest BCUT2D eigenvalue weighted by Gasteiger charge is -2.30. The third kappa shape index (κ3) is 3.49. The van der Waals surface area contributed by atoms with Gasteiger partial charge < -0.3 is 20.5 Å². The average molecular weight is 420 g/mol. The summed E-state index contributed by atoms with van der Waals surface area (Å²) >= 11 is 6.57. The number of nitrogens with one attached hydrogen (secondary N) is 1. The Labute approximate surface area is 178 Å². The predicted octanol–water partition coefficient (Wildman–Crippen LogP) is 3.83. The lowest BCUT2D eigenvalue weighted by molar-refractivity contribution is 0.0997. The number of nitrogens with zero attached hydrogens (tertiary/aromatic N) is 3. The lowest BCUT2D eigenvalue weighted by atomic mass is 10.1. The molecule has 0 atom stereocenters. The van der Waals surface area contributed by atoms with E-state index in [2.05, 4.69) is 5.32 Å². The molecule has 30 heavy (non-hydrogen) atoms. The van der Waals surface area contributed by atoms with Gasteiger partial charge in [-0.2, -0.15) is 5.26 Å². The largest absolute Gasteiger partial charge is 0.365 e. The van der Waals surface area contributed by atoms with E-state index in [0.29, 0.717) is 35.1 Å². The van der Waals surface area contributed by atoms with E-state index >= 15 is 0 Å². The SMILES string of the molecule is N#Cc1cccc(NC(=O)N2CCn3c(c(C(N)=O)c(Cl)c3-c3ccccc3)C2)c1. The van der Waals surface area contributed by atoms with Gasteiger partial charge in [0, 0.05) is 18.8 Å². The zero-order valence-electron chi connectivity index (χ0n) is 15.9. The van der Waals surface area contributed by atoms with Crippen LogP contribution < -0.4 is 11.1 Å². The fourth-order valence-corrected chi connectivity index (χ4v) is 4.11. The van der Waals surface area contributed by atoms with Crippen LogP contribution in [0.3, 0.4) is 0 Å². The second-order valence-corrected chi connectivity index (χ2v) is 7.29. The summed E-state index contributed by atoms with van der Waals surface area (Å²) in [6, 6.07) is 17.9. The molecule has 0 saturated carbocycles. The Morgan fingerprint density at radius 3 is 2.57 bits per heavy atom. The Bertz CT molecular complexity index is 1180. The number of hydrogen-bond donors (Lipinski definition) is 2. The molecule has 0 aliphatic carbocycles. The number of benzene rings is 2. The molecule has 2 heterocycles. The van der Waals surface area contributed by atoms with Crippen molar-refractivity contribution < 1.29 is 9.59 Å². The molecule has 4 rings (SSSR count). The number of carbonyl (C=O) groups is 2. The van der Waals surface area contributed by atoms with E-state index in [1.807, 2.05) is 41.0 Å². The summed E-state index contributed by atoms with van der Waals surface area (Å²) in [5.41, 5.74) is 9.05. The first kappa shape index (κ1) is 19.6. The highest BCUT2D eigenvalue weighted by atomic mass is 35.5. The van der Waals surface area contributed by atoms with Crippen LogP contribution in [0.4, 0.5) is 10.5 Å². The summed E-state index contributed by atoms with van der Waals surface area (Å²) in [4.78, 5) is 26.5. The Kier molecular flexibility index (Phi) is 5.17. The fourth-order valence-electron chi connectivity index (χ4n) is 3.70. The van der Waals surface area contributed by atoms with Gasteiger partial charge in [-0.15, -0.1) is 0 Å². The number of amides is 3. The highest BCUT2D eigenvalue weighted by Crippen LogP contribution is 2.37. The molecule has 3 aromatic rings. The van der Waals surface area contributed by atoms with E-state index in [1.54, 1.807) is 29.2 Å². The van der Waals surface area contributed by atoms with Crippen LogP contribution in [0, 0.1) is 11.3 Å². The second kappa shape index (κ2) is 7.93. The minimum Gasteiger partial charge on any atom is -0.365 e. The molecule has 0 radical (unpaired) electrons. The maximum Gasteiger partial charge on any atom is 0.322 e. The van der Waals surface area contributed by atoms with Crippen molar-refractivity contribution in [2.75, 3.05) is 11.9 Å². The van der Waals surface area contributed by atoms with Gasteiger partial charge in [-0.1, -0.05) is 48.0 Å². The Balaban J connectivity index is 1.65.